The summed E-state index contributed by atoms with van der Waals surface area (Å²) in [6.45, 7) is 18.6. The Morgan fingerprint density at radius 3 is 2.35 bits per heavy atom. The quantitative estimate of drug-likeness (QED) is 0.428. The molecule has 1 N–H and O–H groups in total. The van der Waals surface area contributed by atoms with Crippen LogP contribution in [0.25, 0.3) is 0 Å². The van der Waals surface area contributed by atoms with E-state index in [-0.39, 0.29) is 0 Å². The number of benzene rings is 1. The first-order valence-electron chi connectivity index (χ1n) is 13.0. The minimum atomic E-state index is 0.510. The molecule has 0 unspecified atom stereocenters. The highest BCUT2D eigenvalue weighted by atomic mass is 15.2. The Morgan fingerprint density at radius 1 is 1.10 bits per heavy atom. The van der Waals surface area contributed by atoms with E-state index in [1.807, 2.05) is 0 Å². The number of hydrogen-bond acceptors (Lipinski definition) is 2. The molecule has 1 aromatic carbocycles. The van der Waals surface area contributed by atoms with Gasteiger partial charge in [0.2, 0.25) is 0 Å². The summed E-state index contributed by atoms with van der Waals surface area (Å²) in [5.41, 5.74) is 4.96. The summed E-state index contributed by atoms with van der Waals surface area (Å²) in [5.74, 6) is 0.676. The topological polar surface area (TPSA) is 15.3 Å². The molecule has 0 aromatic heterocycles. The maximum Gasteiger partial charge on any atom is 0.0417 e. The van der Waals surface area contributed by atoms with Crippen molar-refractivity contribution in [2.24, 2.45) is 10.8 Å². The Kier molecular flexibility index (Phi) is 8.30. The van der Waals surface area contributed by atoms with Crippen LogP contribution in [0.4, 0.5) is 5.69 Å². The van der Waals surface area contributed by atoms with Gasteiger partial charge in [0.1, 0.15) is 0 Å². The van der Waals surface area contributed by atoms with E-state index in [9.17, 15) is 0 Å². The highest BCUT2D eigenvalue weighted by Gasteiger charge is 2.35. The lowest BCUT2D eigenvalue weighted by molar-refractivity contribution is 0.0676. The molecule has 1 saturated carbocycles. The summed E-state index contributed by atoms with van der Waals surface area (Å²) in [6.07, 6.45) is 13.3. The van der Waals surface area contributed by atoms with Crippen molar-refractivity contribution < 1.29 is 0 Å². The minimum absolute atomic E-state index is 0.510. The second kappa shape index (κ2) is 10.6. The Bertz CT molecular complexity index is 703. The molecule has 1 aromatic rings. The molecule has 3 rings (SSSR count). The Hall–Kier alpha value is -1.28. The van der Waals surface area contributed by atoms with Gasteiger partial charge in [0, 0.05) is 17.4 Å². The summed E-state index contributed by atoms with van der Waals surface area (Å²) < 4.78 is 0. The zero-order chi connectivity index (χ0) is 22.5. The Morgan fingerprint density at radius 2 is 1.74 bits per heavy atom. The number of piperidine rings is 1. The largest absolute Gasteiger partial charge is 0.359 e. The number of allylic oxidation sites excluding steroid dienone is 1. The highest BCUT2D eigenvalue weighted by Crippen LogP contribution is 2.45. The van der Waals surface area contributed by atoms with Crippen molar-refractivity contribution in [1.82, 2.24) is 4.90 Å². The van der Waals surface area contributed by atoms with Gasteiger partial charge in [-0.2, -0.15) is 0 Å². The fraction of sp³-hybridized carbons (Fsp3) is 0.724. The van der Waals surface area contributed by atoms with Gasteiger partial charge < -0.3 is 10.2 Å². The SMILES string of the molecule is C=C(CC)Nc1ccccc1C1CCN(C2CCC(C)(CCC(C)(C)CC)CC2)CC1. The predicted molar refractivity (Wildman–Crippen MR) is 137 cm³/mol. The molecule has 2 fully saturated rings. The first-order chi connectivity index (χ1) is 14.8. The minimum Gasteiger partial charge on any atom is -0.359 e. The molecule has 174 valence electrons. The number of anilines is 1. The van der Waals surface area contributed by atoms with Crippen LogP contribution >= 0.6 is 0 Å². The summed E-state index contributed by atoms with van der Waals surface area (Å²) >= 11 is 0. The molecule has 2 nitrogen and oxygen atoms in total. The molecule has 0 atom stereocenters. The van der Waals surface area contributed by atoms with Gasteiger partial charge in [0.15, 0.2) is 0 Å². The maximum atomic E-state index is 4.15. The van der Waals surface area contributed by atoms with E-state index in [0.717, 1.165) is 18.2 Å². The molecule has 1 aliphatic carbocycles. The molecule has 0 amide bonds. The Labute approximate surface area is 192 Å². The zero-order valence-electron chi connectivity index (χ0n) is 21.1. The average Bonchev–Trinajstić information content (AvgIpc) is 2.79. The lowest BCUT2D eigenvalue weighted by atomic mass is 9.68. The van der Waals surface area contributed by atoms with Gasteiger partial charge in [-0.15, -0.1) is 0 Å². The number of hydrogen-bond donors (Lipinski definition) is 1. The van der Waals surface area contributed by atoms with Crippen LogP contribution in [0, 0.1) is 10.8 Å². The molecule has 2 aliphatic rings. The summed E-state index contributed by atoms with van der Waals surface area (Å²) in [4.78, 5) is 2.83. The van der Waals surface area contributed by atoms with Crippen LogP contribution in [0.1, 0.15) is 110 Å². The third-order valence-electron chi connectivity index (χ3n) is 8.71. The average molecular weight is 425 g/mol. The molecule has 31 heavy (non-hydrogen) atoms. The standard InChI is InChI=1S/C29H48N2/c1-7-23(3)30-27-12-10-9-11-26(27)24-15-21-31(22-16-24)25-13-17-29(6,18-14-25)20-19-28(4,5)8-2/h9-12,24-25,30H,3,7-8,13-22H2,1-2,4-6H3. The van der Waals surface area contributed by atoms with Crippen LogP contribution in [0.2, 0.25) is 0 Å². The summed E-state index contributed by atoms with van der Waals surface area (Å²) in [5, 5.41) is 3.56. The van der Waals surface area contributed by atoms with E-state index in [2.05, 4.69) is 75.7 Å². The molecule has 2 heteroatoms. The zero-order valence-corrected chi connectivity index (χ0v) is 21.1. The van der Waals surface area contributed by atoms with Crippen molar-refractivity contribution in [2.45, 2.75) is 111 Å². The van der Waals surface area contributed by atoms with E-state index >= 15 is 0 Å². The van der Waals surface area contributed by atoms with Crippen molar-refractivity contribution in [2.75, 3.05) is 18.4 Å². The first kappa shape index (κ1) is 24.4. The second-order valence-electron chi connectivity index (χ2n) is 11.5. The molecule has 1 aliphatic heterocycles. The van der Waals surface area contributed by atoms with E-state index in [1.54, 1.807) is 0 Å². The van der Waals surface area contributed by atoms with E-state index in [1.165, 1.54) is 82.1 Å². The highest BCUT2D eigenvalue weighted by molar-refractivity contribution is 5.56. The number of nitrogens with zero attached hydrogens (tertiary/aromatic N) is 1. The van der Waals surface area contributed by atoms with Crippen LogP contribution in [-0.4, -0.2) is 24.0 Å². The molecular weight excluding hydrogens is 376 g/mol. The van der Waals surface area contributed by atoms with Crippen molar-refractivity contribution >= 4 is 5.69 Å². The van der Waals surface area contributed by atoms with Gasteiger partial charge >= 0.3 is 0 Å². The number of nitrogens with one attached hydrogen (secondary N) is 1. The fourth-order valence-electron chi connectivity index (χ4n) is 5.55. The molecular formula is C29H48N2. The van der Waals surface area contributed by atoms with E-state index in [4.69, 9.17) is 0 Å². The summed E-state index contributed by atoms with van der Waals surface area (Å²) in [6, 6.07) is 9.72. The van der Waals surface area contributed by atoms with Crippen LogP contribution < -0.4 is 5.32 Å². The smallest absolute Gasteiger partial charge is 0.0417 e. The second-order valence-corrected chi connectivity index (χ2v) is 11.5. The number of likely N-dealkylation sites (tertiary alicyclic amines) is 1. The molecule has 0 bridgehead atoms. The van der Waals surface area contributed by atoms with Gasteiger partial charge in [0.25, 0.3) is 0 Å². The van der Waals surface area contributed by atoms with Crippen LogP contribution in [0.5, 0.6) is 0 Å². The fourth-order valence-corrected chi connectivity index (χ4v) is 5.55. The van der Waals surface area contributed by atoms with Gasteiger partial charge in [0.05, 0.1) is 0 Å². The first-order valence-corrected chi connectivity index (χ1v) is 13.0. The van der Waals surface area contributed by atoms with Crippen molar-refractivity contribution in [3.05, 3.63) is 42.1 Å². The Balaban J connectivity index is 1.50. The molecule has 1 saturated heterocycles. The van der Waals surface area contributed by atoms with E-state index < -0.39 is 0 Å². The number of para-hydroxylation sites is 1. The summed E-state index contributed by atoms with van der Waals surface area (Å²) in [7, 11) is 0. The van der Waals surface area contributed by atoms with Crippen molar-refractivity contribution in [1.29, 1.82) is 0 Å². The van der Waals surface area contributed by atoms with Gasteiger partial charge in [-0.3, -0.25) is 0 Å². The molecule has 0 radical (unpaired) electrons. The van der Waals surface area contributed by atoms with Crippen LogP contribution in [-0.2, 0) is 0 Å². The van der Waals surface area contributed by atoms with Crippen LogP contribution in [0.3, 0.4) is 0 Å². The molecule has 1 heterocycles. The monoisotopic (exact) mass is 424 g/mol. The third-order valence-corrected chi connectivity index (χ3v) is 8.71. The van der Waals surface area contributed by atoms with Crippen molar-refractivity contribution in [3.8, 4) is 0 Å². The maximum absolute atomic E-state index is 4.15. The van der Waals surface area contributed by atoms with Crippen molar-refractivity contribution in [3.63, 3.8) is 0 Å². The van der Waals surface area contributed by atoms with E-state index in [0.29, 0.717) is 16.7 Å². The number of rotatable bonds is 9. The van der Waals surface area contributed by atoms with Crippen LogP contribution in [0.15, 0.2) is 36.5 Å². The molecule has 0 spiro atoms. The van der Waals surface area contributed by atoms with Gasteiger partial charge in [-0.05, 0) is 99.3 Å². The lowest BCUT2D eigenvalue weighted by Gasteiger charge is -2.45. The van der Waals surface area contributed by atoms with Gasteiger partial charge in [-0.1, -0.05) is 65.8 Å². The third kappa shape index (κ3) is 6.60. The van der Waals surface area contributed by atoms with Gasteiger partial charge in [-0.25, -0.2) is 0 Å². The normalized spacial score (nSPS) is 26.0. The lowest BCUT2D eigenvalue weighted by Crippen LogP contribution is -2.44. The predicted octanol–water partition coefficient (Wildman–Crippen LogP) is 8.37.